The maximum absolute atomic E-state index is 12.4. The molecule has 5 nitrogen and oxygen atoms in total. The van der Waals surface area contributed by atoms with Crippen LogP contribution in [0.4, 0.5) is 24.5 Å². The number of rotatable bonds is 4. The van der Waals surface area contributed by atoms with Gasteiger partial charge in [0.25, 0.3) is 5.69 Å². The third-order valence-electron chi connectivity index (χ3n) is 2.01. The number of anilines is 1. The number of nitrogens with zero attached hydrogens (tertiary/aromatic N) is 1. The molecule has 8 heteroatoms. The van der Waals surface area contributed by atoms with Crippen LogP contribution in [0.1, 0.15) is 5.56 Å². The molecule has 0 heterocycles. The van der Waals surface area contributed by atoms with E-state index in [0.29, 0.717) is 19.2 Å². The zero-order valence-electron chi connectivity index (χ0n) is 8.75. The number of nitro groups is 1. The molecule has 0 spiro atoms. The molecule has 0 bridgehead atoms. The number of quaternary nitrogens is 1. The first kappa shape index (κ1) is 13.2. The van der Waals surface area contributed by atoms with E-state index in [1.165, 1.54) is 0 Å². The summed E-state index contributed by atoms with van der Waals surface area (Å²) < 4.78 is 37.1. The molecule has 1 rings (SSSR count). The Morgan fingerprint density at radius 3 is 2.53 bits per heavy atom. The Morgan fingerprint density at radius 1 is 1.41 bits per heavy atom. The number of halogens is 3. The van der Waals surface area contributed by atoms with E-state index in [4.69, 9.17) is 0 Å². The molecule has 0 saturated heterocycles. The lowest BCUT2D eigenvalue weighted by Crippen LogP contribution is -2.53. The maximum atomic E-state index is 12.4. The summed E-state index contributed by atoms with van der Waals surface area (Å²) >= 11 is 0. The second kappa shape index (κ2) is 5.00. The van der Waals surface area contributed by atoms with Crippen molar-refractivity contribution in [1.82, 2.24) is 0 Å². The lowest BCUT2D eigenvalue weighted by molar-refractivity contribution is -0.384. The predicted octanol–water partition coefficient (Wildman–Crippen LogP) is 1.27. The molecule has 0 unspecified atom stereocenters. The summed E-state index contributed by atoms with van der Waals surface area (Å²) in [7, 11) is 0. The molecule has 0 radical (unpaired) electrons. The number of hydrogen-bond donors (Lipinski definition) is 2. The quantitative estimate of drug-likeness (QED) is 0.623. The third-order valence-corrected chi connectivity index (χ3v) is 2.01. The van der Waals surface area contributed by atoms with Crippen molar-refractivity contribution in [2.75, 3.05) is 18.4 Å². The van der Waals surface area contributed by atoms with Gasteiger partial charge in [0.2, 0.25) is 0 Å². The van der Waals surface area contributed by atoms with E-state index >= 15 is 0 Å². The average molecular weight is 250 g/mol. The molecule has 1 aromatic rings. The molecule has 4 N–H and O–H groups in total. The van der Waals surface area contributed by atoms with Gasteiger partial charge >= 0.3 is 6.18 Å². The number of alkyl halides is 3. The highest BCUT2D eigenvalue weighted by Gasteiger charge is 2.32. The standard InChI is InChI=1S/C9H10F3N3O2/c10-9(11,12)6-1-2-7(14-4-3-13)8(5-6)15(16)17/h1-2,5,14H,3-4,13H2/p+1. The molecule has 17 heavy (non-hydrogen) atoms. The molecule has 1 aromatic carbocycles. The highest BCUT2D eigenvalue weighted by atomic mass is 19.4. The van der Waals surface area contributed by atoms with Crippen LogP contribution < -0.4 is 11.1 Å². The smallest absolute Gasteiger partial charge is 0.374 e. The van der Waals surface area contributed by atoms with Crippen molar-refractivity contribution < 1.29 is 23.8 Å². The Kier molecular flexibility index (Phi) is 3.89. The molecule has 0 saturated carbocycles. The molecule has 94 valence electrons. The predicted molar refractivity (Wildman–Crippen MR) is 54.3 cm³/mol. The molecule has 0 aliphatic heterocycles. The van der Waals surface area contributed by atoms with Crippen molar-refractivity contribution in [1.29, 1.82) is 0 Å². The molecule has 0 aromatic heterocycles. The van der Waals surface area contributed by atoms with Crippen molar-refractivity contribution in [3.05, 3.63) is 33.9 Å². The van der Waals surface area contributed by atoms with E-state index in [-0.39, 0.29) is 5.69 Å². The van der Waals surface area contributed by atoms with Crippen LogP contribution in [-0.4, -0.2) is 18.0 Å². The number of nitrogens with one attached hydrogen (secondary N) is 1. The summed E-state index contributed by atoms with van der Waals surface area (Å²) in [6.45, 7) is 0.824. The van der Waals surface area contributed by atoms with Gasteiger partial charge in [0, 0.05) is 6.07 Å². The van der Waals surface area contributed by atoms with Gasteiger partial charge in [-0.1, -0.05) is 0 Å². The van der Waals surface area contributed by atoms with Crippen LogP contribution >= 0.6 is 0 Å². The van der Waals surface area contributed by atoms with E-state index in [0.717, 1.165) is 12.1 Å². The summed E-state index contributed by atoms with van der Waals surface area (Å²) in [5.41, 5.74) is 1.95. The number of nitro benzene ring substituents is 1. The van der Waals surface area contributed by atoms with Crippen LogP contribution in [0.3, 0.4) is 0 Å². The Labute approximate surface area is 94.6 Å². The van der Waals surface area contributed by atoms with Gasteiger partial charge in [-0.15, -0.1) is 0 Å². The Bertz CT molecular complexity index is 420. The van der Waals surface area contributed by atoms with Crippen LogP contribution in [0.2, 0.25) is 0 Å². The Balaban J connectivity index is 3.13. The normalized spacial score (nSPS) is 11.3. The Hall–Kier alpha value is -1.83. The summed E-state index contributed by atoms with van der Waals surface area (Å²) in [6, 6.07) is 2.38. The van der Waals surface area contributed by atoms with E-state index in [2.05, 4.69) is 11.1 Å². The first-order chi connectivity index (χ1) is 7.86. The van der Waals surface area contributed by atoms with Crippen molar-refractivity contribution in [3.8, 4) is 0 Å². The van der Waals surface area contributed by atoms with E-state index in [1.807, 2.05) is 0 Å². The summed E-state index contributed by atoms with van der Waals surface area (Å²) in [6.07, 6.45) is -4.59. The molecular weight excluding hydrogens is 239 g/mol. The van der Waals surface area contributed by atoms with Gasteiger partial charge < -0.3 is 11.1 Å². The van der Waals surface area contributed by atoms with Crippen molar-refractivity contribution >= 4 is 11.4 Å². The fourth-order valence-corrected chi connectivity index (χ4v) is 1.23. The lowest BCUT2D eigenvalue weighted by Gasteiger charge is -2.09. The first-order valence-corrected chi connectivity index (χ1v) is 4.75. The van der Waals surface area contributed by atoms with Gasteiger partial charge in [-0.05, 0) is 12.1 Å². The minimum atomic E-state index is -4.59. The topological polar surface area (TPSA) is 82.8 Å². The zero-order chi connectivity index (χ0) is 13.1. The van der Waals surface area contributed by atoms with Crippen molar-refractivity contribution in [3.63, 3.8) is 0 Å². The van der Waals surface area contributed by atoms with Crippen LogP contribution in [0, 0.1) is 10.1 Å². The van der Waals surface area contributed by atoms with Gasteiger partial charge in [-0.25, -0.2) is 0 Å². The second-order valence-electron chi connectivity index (χ2n) is 3.27. The fraction of sp³-hybridized carbons (Fsp3) is 0.333. The highest BCUT2D eigenvalue weighted by Crippen LogP contribution is 2.34. The number of hydrogen-bond acceptors (Lipinski definition) is 3. The summed E-state index contributed by atoms with van der Waals surface area (Å²) in [4.78, 5) is 9.80. The second-order valence-corrected chi connectivity index (χ2v) is 3.27. The van der Waals surface area contributed by atoms with Crippen LogP contribution in [-0.2, 0) is 6.18 Å². The molecule has 0 atom stereocenters. The fourth-order valence-electron chi connectivity index (χ4n) is 1.23. The molecular formula is C9H11F3N3O2+. The minimum Gasteiger partial charge on any atom is -0.374 e. The van der Waals surface area contributed by atoms with Crippen molar-refractivity contribution in [2.24, 2.45) is 0 Å². The zero-order valence-corrected chi connectivity index (χ0v) is 8.75. The van der Waals surface area contributed by atoms with Gasteiger partial charge in [0.15, 0.2) is 0 Å². The molecule has 0 aliphatic rings. The van der Waals surface area contributed by atoms with Gasteiger partial charge in [0.05, 0.1) is 23.6 Å². The highest BCUT2D eigenvalue weighted by molar-refractivity contribution is 5.62. The Morgan fingerprint density at radius 2 is 2.06 bits per heavy atom. The molecule has 0 amide bonds. The first-order valence-electron chi connectivity index (χ1n) is 4.75. The largest absolute Gasteiger partial charge is 0.416 e. The lowest BCUT2D eigenvalue weighted by atomic mass is 10.1. The summed E-state index contributed by atoms with van der Waals surface area (Å²) in [5.74, 6) is 0. The SMILES string of the molecule is [NH3+]CCNc1ccc(C(F)(F)F)cc1[N+](=O)[O-]. The van der Waals surface area contributed by atoms with Crippen LogP contribution in [0.5, 0.6) is 0 Å². The third kappa shape index (κ3) is 3.31. The van der Waals surface area contributed by atoms with Gasteiger partial charge in [-0.2, -0.15) is 13.2 Å². The number of benzene rings is 1. The van der Waals surface area contributed by atoms with Gasteiger partial charge in [0.1, 0.15) is 5.69 Å². The maximum Gasteiger partial charge on any atom is 0.416 e. The van der Waals surface area contributed by atoms with E-state index < -0.39 is 22.4 Å². The van der Waals surface area contributed by atoms with E-state index in [9.17, 15) is 23.3 Å². The summed E-state index contributed by atoms with van der Waals surface area (Å²) in [5, 5.41) is 13.3. The van der Waals surface area contributed by atoms with Crippen LogP contribution in [0.25, 0.3) is 0 Å². The molecule has 0 fully saturated rings. The van der Waals surface area contributed by atoms with Crippen molar-refractivity contribution in [2.45, 2.75) is 6.18 Å². The average Bonchev–Trinajstić information content (AvgIpc) is 2.24. The van der Waals surface area contributed by atoms with Crippen LogP contribution in [0.15, 0.2) is 18.2 Å². The minimum absolute atomic E-state index is 0.0617. The van der Waals surface area contributed by atoms with E-state index in [1.54, 1.807) is 0 Å². The monoisotopic (exact) mass is 250 g/mol. The molecule has 0 aliphatic carbocycles. The van der Waals surface area contributed by atoms with Gasteiger partial charge in [-0.3, -0.25) is 10.1 Å².